The third-order valence-electron chi connectivity index (χ3n) is 2.45. The molecule has 0 aromatic carbocycles. The van der Waals surface area contributed by atoms with E-state index in [0.29, 0.717) is 0 Å². The Labute approximate surface area is 84.6 Å². The molecular formula is C13H13N. The van der Waals surface area contributed by atoms with Crippen LogP contribution >= 0.6 is 0 Å². The second-order valence-corrected chi connectivity index (χ2v) is 3.38. The first-order valence-electron chi connectivity index (χ1n) is 4.77. The summed E-state index contributed by atoms with van der Waals surface area (Å²) in [5, 5.41) is 0. The van der Waals surface area contributed by atoms with E-state index in [0.717, 1.165) is 18.6 Å². The topological polar surface area (TPSA) is 12.4 Å². The third-order valence-corrected chi connectivity index (χ3v) is 2.45. The highest BCUT2D eigenvalue weighted by Gasteiger charge is 2.21. The fourth-order valence-corrected chi connectivity index (χ4v) is 1.85. The van der Waals surface area contributed by atoms with E-state index in [-0.39, 0.29) is 0 Å². The summed E-state index contributed by atoms with van der Waals surface area (Å²) in [5.74, 6) is 0. The van der Waals surface area contributed by atoms with E-state index in [2.05, 4.69) is 30.3 Å². The van der Waals surface area contributed by atoms with E-state index in [1.165, 1.54) is 16.7 Å². The van der Waals surface area contributed by atoms with Crippen LogP contribution in [0.5, 0.6) is 0 Å². The monoisotopic (exact) mass is 183 g/mol. The van der Waals surface area contributed by atoms with Crippen LogP contribution in [0.1, 0.15) is 12.8 Å². The summed E-state index contributed by atoms with van der Waals surface area (Å²) < 4.78 is 0. The Kier molecular flexibility index (Phi) is 2.32. The maximum Gasteiger partial charge on any atom is 0.0740 e. The van der Waals surface area contributed by atoms with E-state index in [4.69, 9.17) is 0 Å². The summed E-state index contributed by atoms with van der Waals surface area (Å²) in [4.78, 5) is 4.36. The lowest BCUT2D eigenvalue weighted by Crippen LogP contribution is -1.98. The van der Waals surface area contributed by atoms with Crippen molar-refractivity contribution in [2.45, 2.75) is 12.8 Å². The molecule has 0 aromatic heterocycles. The van der Waals surface area contributed by atoms with Crippen molar-refractivity contribution in [1.29, 1.82) is 0 Å². The van der Waals surface area contributed by atoms with Crippen molar-refractivity contribution in [3.05, 3.63) is 60.4 Å². The Hall–Kier alpha value is -1.63. The van der Waals surface area contributed by atoms with E-state index < -0.39 is 0 Å². The molecule has 0 bridgehead atoms. The van der Waals surface area contributed by atoms with Gasteiger partial charge in [-0.1, -0.05) is 12.2 Å². The molecule has 0 spiro atoms. The molecule has 70 valence electrons. The summed E-state index contributed by atoms with van der Waals surface area (Å²) >= 11 is 0. The molecule has 1 heteroatoms. The van der Waals surface area contributed by atoms with Gasteiger partial charge in [0, 0.05) is 11.8 Å². The minimum Gasteiger partial charge on any atom is -0.256 e. The van der Waals surface area contributed by atoms with Gasteiger partial charge in [0.1, 0.15) is 0 Å². The Morgan fingerprint density at radius 1 is 1.21 bits per heavy atom. The van der Waals surface area contributed by atoms with Crippen molar-refractivity contribution in [2.75, 3.05) is 0 Å². The van der Waals surface area contributed by atoms with Crippen LogP contribution in [0.2, 0.25) is 0 Å². The van der Waals surface area contributed by atoms with Gasteiger partial charge in [0.2, 0.25) is 0 Å². The molecule has 0 saturated carbocycles. The van der Waals surface area contributed by atoms with Crippen LogP contribution in [0.25, 0.3) is 0 Å². The Balaban J connectivity index is 2.35. The number of aliphatic imine (C=N–C) groups is 1. The van der Waals surface area contributed by atoms with E-state index in [1.54, 1.807) is 0 Å². The Morgan fingerprint density at radius 3 is 2.71 bits per heavy atom. The van der Waals surface area contributed by atoms with E-state index >= 15 is 0 Å². The quantitative estimate of drug-likeness (QED) is 0.593. The average molecular weight is 183 g/mol. The van der Waals surface area contributed by atoms with Gasteiger partial charge < -0.3 is 0 Å². The molecule has 0 aromatic rings. The van der Waals surface area contributed by atoms with Crippen molar-refractivity contribution in [2.24, 2.45) is 4.99 Å². The molecular weight excluding hydrogens is 170 g/mol. The van der Waals surface area contributed by atoms with E-state index in [1.807, 2.05) is 18.4 Å². The third kappa shape index (κ3) is 1.31. The first-order valence-corrected chi connectivity index (χ1v) is 4.77. The second-order valence-electron chi connectivity index (χ2n) is 3.38. The average Bonchev–Trinajstić information content (AvgIpc) is 2.71. The standard InChI is InChI=1S/C13H13N/c1-3-5-10-9-11-7-8-14-13(11)12(10)6-4-2/h3-4,7-9H,1-2,5-6H2. The number of nitrogens with zero attached hydrogens (tertiary/aromatic N) is 1. The fraction of sp³-hybridized carbons (Fsp3) is 0.154. The van der Waals surface area contributed by atoms with Crippen molar-refractivity contribution < 1.29 is 0 Å². The normalized spacial score (nSPS) is 18.0. The summed E-state index contributed by atoms with van der Waals surface area (Å²) in [6.07, 6.45) is 11.8. The van der Waals surface area contributed by atoms with Crippen LogP contribution < -0.4 is 0 Å². The first kappa shape index (κ1) is 8.95. The highest BCUT2D eigenvalue weighted by molar-refractivity contribution is 6.19. The molecule has 0 radical (unpaired) electrons. The van der Waals surface area contributed by atoms with Gasteiger partial charge in [0.15, 0.2) is 0 Å². The van der Waals surface area contributed by atoms with Gasteiger partial charge in [-0.3, -0.25) is 4.99 Å². The van der Waals surface area contributed by atoms with Gasteiger partial charge in [-0.05, 0) is 36.1 Å². The summed E-state index contributed by atoms with van der Waals surface area (Å²) in [5.41, 5.74) is 5.00. The maximum absolute atomic E-state index is 4.36. The zero-order chi connectivity index (χ0) is 9.97. The minimum absolute atomic E-state index is 0.893. The van der Waals surface area contributed by atoms with Gasteiger partial charge in [0.25, 0.3) is 0 Å². The highest BCUT2D eigenvalue weighted by Crippen LogP contribution is 2.31. The fourth-order valence-electron chi connectivity index (χ4n) is 1.85. The highest BCUT2D eigenvalue weighted by atomic mass is 14.7. The lowest BCUT2D eigenvalue weighted by Gasteiger charge is -2.02. The molecule has 1 aliphatic carbocycles. The van der Waals surface area contributed by atoms with Crippen LogP contribution in [-0.2, 0) is 0 Å². The smallest absolute Gasteiger partial charge is 0.0740 e. The maximum atomic E-state index is 4.36. The number of rotatable bonds is 4. The molecule has 2 rings (SSSR count). The summed E-state index contributed by atoms with van der Waals surface area (Å²) in [7, 11) is 0. The van der Waals surface area contributed by atoms with Gasteiger partial charge in [-0.2, -0.15) is 0 Å². The van der Waals surface area contributed by atoms with Crippen LogP contribution in [0.15, 0.2) is 65.4 Å². The molecule has 0 unspecified atom stereocenters. The first-order chi connectivity index (χ1) is 6.86. The predicted octanol–water partition coefficient (Wildman–Crippen LogP) is 3.34. The lowest BCUT2D eigenvalue weighted by molar-refractivity contribution is 1.21. The van der Waals surface area contributed by atoms with Gasteiger partial charge in [-0.25, -0.2) is 0 Å². The molecule has 1 heterocycles. The van der Waals surface area contributed by atoms with Crippen molar-refractivity contribution in [3.8, 4) is 0 Å². The minimum atomic E-state index is 0.893. The molecule has 0 atom stereocenters. The van der Waals surface area contributed by atoms with Crippen molar-refractivity contribution >= 4 is 5.71 Å². The van der Waals surface area contributed by atoms with Crippen LogP contribution in [-0.4, -0.2) is 5.71 Å². The molecule has 1 aliphatic heterocycles. The number of allylic oxidation sites excluding steroid dienone is 7. The Morgan fingerprint density at radius 2 is 2.00 bits per heavy atom. The van der Waals surface area contributed by atoms with E-state index in [9.17, 15) is 0 Å². The van der Waals surface area contributed by atoms with Crippen LogP contribution in [0, 0.1) is 0 Å². The molecule has 0 fully saturated rings. The van der Waals surface area contributed by atoms with Crippen molar-refractivity contribution in [1.82, 2.24) is 0 Å². The molecule has 2 aliphatic rings. The predicted molar refractivity (Wildman–Crippen MR) is 61.3 cm³/mol. The molecule has 0 saturated heterocycles. The lowest BCUT2D eigenvalue weighted by atomic mass is 10.0. The molecule has 0 N–H and O–H groups in total. The zero-order valence-corrected chi connectivity index (χ0v) is 8.16. The van der Waals surface area contributed by atoms with Crippen LogP contribution in [0.4, 0.5) is 0 Å². The van der Waals surface area contributed by atoms with Crippen LogP contribution in [0.3, 0.4) is 0 Å². The summed E-state index contributed by atoms with van der Waals surface area (Å²) in [6.45, 7) is 7.54. The van der Waals surface area contributed by atoms with Gasteiger partial charge >= 0.3 is 0 Å². The number of hydrogen-bond acceptors (Lipinski definition) is 1. The van der Waals surface area contributed by atoms with Gasteiger partial charge in [0.05, 0.1) is 5.71 Å². The van der Waals surface area contributed by atoms with Crippen molar-refractivity contribution in [3.63, 3.8) is 0 Å². The molecule has 1 nitrogen and oxygen atoms in total. The molecule has 0 amide bonds. The molecule has 14 heavy (non-hydrogen) atoms. The zero-order valence-electron chi connectivity index (χ0n) is 8.16. The number of hydrogen-bond donors (Lipinski definition) is 0. The SMILES string of the molecule is C=CCC1=C(CC=C)C2=NC=CC2=C1. The number of fused-ring (bicyclic) bond motifs is 1. The Bertz CT molecular complexity index is 391. The largest absolute Gasteiger partial charge is 0.256 e. The summed E-state index contributed by atoms with van der Waals surface area (Å²) in [6, 6.07) is 0. The van der Waals surface area contributed by atoms with Gasteiger partial charge in [-0.15, -0.1) is 13.2 Å². The second kappa shape index (κ2) is 3.62.